The minimum absolute atomic E-state index is 0.124. The molecule has 0 aromatic carbocycles. The molecule has 0 radical (unpaired) electrons. The zero-order valence-corrected chi connectivity index (χ0v) is 11.5. The Bertz CT molecular complexity index is 575. The van der Waals surface area contributed by atoms with E-state index in [-0.39, 0.29) is 12.1 Å². The molecule has 0 aliphatic heterocycles. The number of carbonyl (C=O) groups is 1. The van der Waals surface area contributed by atoms with Crippen LogP contribution < -0.4 is 0 Å². The highest BCUT2D eigenvalue weighted by Crippen LogP contribution is 2.20. The third-order valence-electron chi connectivity index (χ3n) is 2.21. The van der Waals surface area contributed by atoms with Gasteiger partial charge >= 0.3 is 5.97 Å². The highest BCUT2D eigenvalue weighted by molar-refractivity contribution is 9.10. The van der Waals surface area contributed by atoms with E-state index in [1.54, 1.807) is 12.3 Å². The zero-order valence-electron chi connectivity index (χ0n) is 9.90. The highest BCUT2D eigenvalue weighted by Gasteiger charge is 2.13. The van der Waals surface area contributed by atoms with Gasteiger partial charge in [-0.3, -0.25) is 0 Å². The fraction of sp³-hybridized carbons (Fsp3) is 0.333. The third-order valence-corrected chi connectivity index (χ3v) is 2.79. The largest absolute Gasteiger partial charge is 0.459 e. The lowest BCUT2D eigenvalue weighted by Crippen LogP contribution is -2.12. The summed E-state index contributed by atoms with van der Waals surface area (Å²) in [6.45, 7) is 5.56. The molecular weight excluding hydrogens is 284 g/mol. The van der Waals surface area contributed by atoms with Crippen LogP contribution in [0.4, 0.5) is 0 Å². The molecule has 0 atom stereocenters. The monoisotopic (exact) mass is 296 g/mol. The quantitative estimate of drug-likeness (QED) is 0.800. The Morgan fingerprint density at radius 1 is 1.47 bits per heavy atom. The van der Waals surface area contributed by atoms with Gasteiger partial charge in [-0.1, -0.05) is 0 Å². The molecule has 90 valence electrons. The predicted octanol–water partition coefficient (Wildman–Crippen LogP) is 2.97. The van der Waals surface area contributed by atoms with Gasteiger partial charge in [0.15, 0.2) is 5.65 Å². The van der Waals surface area contributed by atoms with E-state index in [1.165, 1.54) is 0 Å². The van der Waals surface area contributed by atoms with E-state index >= 15 is 0 Å². The summed E-state index contributed by atoms with van der Waals surface area (Å²) >= 11 is 3.40. The number of hydrogen-bond acceptors (Lipinski definition) is 3. The molecule has 2 aromatic heterocycles. The molecule has 0 aliphatic rings. The van der Waals surface area contributed by atoms with Crippen LogP contribution in [0.1, 0.15) is 29.9 Å². The number of esters is 1. The second kappa shape index (κ2) is 4.49. The van der Waals surface area contributed by atoms with Crippen molar-refractivity contribution in [2.75, 3.05) is 0 Å². The van der Waals surface area contributed by atoms with Crippen molar-refractivity contribution in [3.05, 3.63) is 34.2 Å². The minimum atomic E-state index is -0.325. The fourth-order valence-corrected chi connectivity index (χ4v) is 2.11. The average Bonchev–Trinajstić information content (AvgIpc) is 2.58. The summed E-state index contributed by atoms with van der Waals surface area (Å²) in [6, 6.07) is 1.73. The van der Waals surface area contributed by atoms with Crippen LogP contribution in [0.15, 0.2) is 22.9 Å². The second-order valence-electron chi connectivity index (χ2n) is 4.14. The van der Waals surface area contributed by atoms with Crippen molar-refractivity contribution in [1.29, 1.82) is 0 Å². The van der Waals surface area contributed by atoms with Crippen molar-refractivity contribution in [3.63, 3.8) is 0 Å². The van der Waals surface area contributed by atoms with Crippen LogP contribution >= 0.6 is 15.9 Å². The second-order valence-corrected chi connectivity index (χ2v) is 5.00. The molecule has 5 heteroatoms. The molecule has 0 aliphatic carbocycles. The minimum Gasteiger partial charge on any atom is -0.459 e. The first-order chi connectivity index (χ1) is 7.97. The first-order valence-electron chi connectivity index (χ1n) is 5.33. The van der Waals surface area contributed by atoms with Gasteiger partial charge in [0.05, 0.1) is 21.8 Å². The molecule has 0 saturated heterocycles. The Balaban J connectivity index is 2.46. The fourth-order valence-electron chi connectivity index (χ4n) is 1.57. The molecule has 2 heterocycles. The third kappa shape index (κ3) is 2.49. The zero-order chi connectivity index (χ0) is 12.6. The number of aromatic nitrogens is 2. The molecule has 2 rings (SSSR count). The molecule has 0 spiro atoms. The maximum Gasteiger partial charge on any atom is 0.339 e. The molecule has 0 bridgehead atoms. The van der Waals surface area contributed by atoms with Gasteiger partial charge in [-0.2, -0.15) is 0 Å². The smallest absolute Gasteiger partial charge is 0.339 e. The highest BCUT2D eigenvalue weighted by atomic mass is 79.9. The lowest BCUT2D eigenvalue weighted by molar-refractivity contribution is 0.0377. The van der Waals surface area contributed by atoms with Crippen LogP contribution in [0.25, 0.3) is 5.65 Å². The van der Waals surface area contributed by atoms with E-state index in [1.807, 2.05) is 31.4 Å². The summed E-state index contributed by atoms with van der Waals surface area (Å²) in [5.41, 5.74) is 2.21. The number of fused-ring (bicyclic) bond motifs is 1. The van der Waals surface area contributed by atoms with Gasteiger partial charge in [0.25, 0.3) is 0 Å². The van der Waals surface area contributed by atoms with Crippen molar-refractivity contribution < 1.29 is 9.53 Å². The van der Waals surface area contributed by atoms with Gasteiger partial charge in [0.2, 0.25) is 0 Å². The predicted molar refractivity (Wildman–Crippen MR) is 68.2 cm³/mol. The topological polar surface area (TPSA) is 43.6 Å². The number of halogens is 1. The van der Waals surface area contributed by atoms with Gasteiger partial charge < -0.3 is 9.14 Å². The number of hydrogen-bond donors (Lipinski definition) is 0. The summed E-state index contributed by atoms with van der Waals surface area (Å²) in [7, 11) is 0. The first kappa shape index (κ1) is 12.1. The van der Waals surface area contributed by atoms with Gasteiger partial charge in [0, 0.05) is 12.4 Å². The molecule has 0 N–H and O–H groups in total. The normalized spacial score (nSPS) is 11.1. The SMILES string of the molecule is Cc1cn2cc(C(=O)OC(C)C)cc(Br)c2n1. The molecule has 0 amide bonds. The van der Waals surface area contributed by atoms with Crippen molar-refractivity contribution >= 4 is 27.5 Å². The van der Waals surface area contributed by atoms with E-state index in [0.717, 1.165) is 15.8 Å². The van der Waals surface area contributed by atoms with Crippen molar-refractivity contribution in [2.24, 2.45) is 0 Å². The number of ether oxygens (including phenoxy) is 1. The van der Waals surface area contributed by atoms with Crippen LogP contribution in [-0.4, -0.2) is 21.5 Å². The van der Waals surface area contributed by atoms with Crippen molar-refractivity contribution in [1.82, 2.24) is 9.38 Å². The summed E-state index contributed by atoms with van der Waals surface area (Å²) in [5.74, 6) is -0.325. The summed E-state index contributed by atoms with van der Waals surface area (Å²) in [5, 5.41) is 0. The van der Waals surface area contributed by atoms with E-state index < -0.39 is 0 Å². The van der Waals surface area contributed by atoms with Gasteiger partial charge in [-0.05, 0) is 42.8 Å². The van der Waals surface area contributed by atoms with E-state index in [9.17, 15) is 4.79 Å². The maximum absolute atomic E-state index is 11.8. The Labute approximate surface area is 108 Å². The maximum atomic E-state index is 11.8. The summed E-state index contributed by atoms with van der Waals surface area (Å²) in [4.78, 5) is 16.1. The van der Waals surface area contributed by atoms with Gasteiger partial charge in [-0.15, -0.1) is 0 Å². The Hall–Kier alpha value is -1.36. The number of carbonyl (C=O) groups excluding carboxylic acids is 1. The average molecular weight is 297 g/mol. The number of imidazole rings is 1. The standard InChI is InChI=1S/C12H13BrN2O2/c1-7(2)17-12(16)9-4-10(13)11-14-8(3)5-15(11)6-9/h4-7H,1-3H3. The summed E-state index contributed by atoms with van der Waals surface area (Å²) in [6.07, 6.45) is 3.47. The van der Waals surface area contributed by atoms with Crippen LogP contribution in [-0.2, 0) is 4.74 Å². The van der Waals surface area contributed by atoms with Crippen LogP contribution in [0.3, 0.4) is 0 Å². The molecule has 4 nitrogen and oxygen atoms in total. The number of rotatable bonds is 2. The molecule has 0 unspecified atom stereocenters. The van der Waals surface area contributed by atoms with Crippen LogP contribution in [0, 0.1) is 6.92 Å². The number of nitrogens with zero attached hydrogens (tertiary/aromatic N) is 2. The number of pyridine rings is 1. The summed E-state index contributed by atoms with van der Waals surface area (Å²) < 4.78 is 7.75. The molecule has 0 fully saturated rings. The van der Waals surface area contributed by atoms with Crippen molar-refractivity contribution in [3.8, 4) is 0 Å². The molecule has 0 saturated carbocycles. The van der Waals surface area contributed by atoms with Crippen LogP contribution in [0.2, 0.25) is 0 Å². The first-order valence-corrected chi connectivity index (χ1v) is 6.12. The Morgan fingerprint density at radius 2 is 2.18 bits per heavy atom. The van der Waals surface area contributed by atoms with Crippen LogP contribution in [0.5, 0.6) is 0 Å². The molecule has 17 heavy (non-hydrogen) atoms. The van der Waals surface area contributed by atoms with Gasteiger partial charge in [0.1, 0.15) is 0 Å². The number of aryl methyl sites for hydroxylation is 1. The van der Waals surface area contributed by atoms with Crippen molar-refractivity contribution in [2.45, 2.75) is 26.9 Å². The lowest BCUT2D eigenvalue weighted by Gasteiger charge is -2.08. The molecule has 2 aromatic rings. The lowest BCUT2D eigenvalue weighted by atomic mass is 10.3. The van der Waals surface area contributed by atoms with E-state index in [2.05, 4.69) is 20.9 Å². The van der Waals surface area contributed by atoms with E-state index in [4.69, 9.17) is 4.74 Å². The molecular formula is C12H13BrN2O2. The van der Waals surface area contributed by atoms with E-state index in [0.29, 0.717) is 5.56 Å². The Morgan fingerprint density at radius 3 is 2.82 bits per heavy atom. The Kier molecular flexibility index (Phi) is 3.19. The van der Waals surface area contributed by atoms with Gasteiger partial charge in [-0.25, -0.2) is 9.78 Å².